The van der Waals surface area contributed by atoms with Gasteiger partial charge in [0, 0.05) is 13.1 Å². The summed E-state index contributed by atoms with van der Waals surface area (Å²) in [6.45, 7) is 9.67. The van der Waals surface area contributed by atoms with Gasteiger partial charge in [-0.2, -0.15) is 0 Å². The van der Waals surface area contributed by atoms with Gasteiger partial charge in [0.25, 0.3) is 0 Å². The molecule has 1 fully saturated rings. The van der Waals surface area contributed by atoms with Gasteiger partial charge >= 0.3 is 12.1 Å². The van der Waals surface area contributed by atoms with Crippen LogP contribution in [0.5, 0.6) is 0 Å². The molecule has 1 heterocycles. The van der Waals surface area contributed by atoms with Crippen molar-refractivity contribution in [3.63, 3.8) is 0 Å². The fourth-order valence-electron chi connectivity index (χ4n) is 2.16. The molecule has 0 aromatic heterocycles. The van der Waals surface area contributed by atoms with Crippen LogP contribution in [0.3, 0.4) is 0 Å². The molecule has 0 atom stereocenters. The normalized spacial score (nSPS) is 16.3. The first kappa shape index (κ1) is 19.7. The van der Waals surface area contributed by atoms with Crippen molar-refractivity contribution in [2.75, 3.05) is 39.5 Å². The molecule has 7 nitrogen and oxygen atoms in total. The zero-order valence-corrected chi connectivity index (χ0v) is 14.6. The highest BCUT2D eigenvalue weighted by Gasteiger charge is 2.27. The predicted molar refractivity (Wildman–Crippen MR) is 84.2 cm³/mol. The third kappa shape index (κ3) is 8.76. The molecule has 23 heavy (non-hydrogen) atoms. The summed E-state index contributed by atoms with van der Waals surface area (Å²) in [4.78, 5) is 24.7. The van der Waals surface area contributed by atoms with Gasteiger partial charge in [0.05, 0.1) is 25.9 Å². The Morgan fingerprint density at radius 1 is 1.13 bits per heavy atom. The third-order valence-corrected chi connectivity index (χ3v) is 3.20. The van der Waals surface area contributed by atoms with Crippen molar-refractivity contribution < 1.29 is 28.5 Å². The molecule has 0 unspecified atom stereocenters. The number of carbonyl (C=O) groups excluding carboxylic acids is 2. The molecule has 0 aliphatic carbocycles. The monoisotopic (exact) mass is 331 g/mol. The van der Waals surface area contributed by atoms with E-state index in [1.165, 1.54) is 0 Å². The predicted octanol–water partition coefficient (Wildman–Crippen LogP) is 1.98. The van der Waals surface area contributed by atoms with Crippen LogP contribution < -0.4 is 0 Å². The molecule has 0 aromatic rings. The van der Waals surface area contributed by atoms with E-state index in [4.69, 9.17) is 18.9 Å². The Morgan fingerprint density at radius 3 is 2.35 bits per heavy atom. The maximum absolute atomic E-state index is 11.9. The van der Waals surface area contributed by atoms with E-state index in [2.05, 4.69) is 0 Å². The lowest BCUT2D eigenvalue weighted by Gasteiger charge is -2.33. The largest absolute Gasteiger partial charge is 0.464 e. The fraction of sp³-hybridized carbons (Fsp3) is 0.875. The maximum atomic E-state index is 11.9. The fourth-order valence-corrected chi connectivity index (χ4v) is 2.16. The van der Waals surface area contributed by atoms with Gasteiger partial charge in [-0.1, -0.05) is 0 Å². The second kappa shape index (κ2) is 9.72. The van der Waals surface area contributed by atoms with Gasteiger partial charge in [-0.05, 0) is 40.5 Å². The first-order valence-electron chi connectivity index (χ1n) is 8.14. The summed E-state index contributed by atoms with van der Waals surface area (Å²) in [5.74, 6) is -0.363. The number of rotatable bonds is 7. The number of hydrogen-bond acceptors (Lipinski definition) is 6. The van der Waals surface area contributed by atoms with Crippen molar-refractivity contribution in [1.29, 1.82) is 0 Å². The topological polar surface area (TPSA) is 74.3 Å². The van der Waals surface area contributed by atoms with E-state index >= 15 is 0 Å². The maximum Gasteiger partial charge on any atom is 0.410 e. The van der Waals surface area contributed by atoms with Crippen molar-refractivity contribution in [3.05, 3.63) is 0 Å². The Balaban J connectivity index is 2.10. The number of esters is 1. The van der Waals surface area contributed by atoms with Crippen molar-refractivity contribution in [1.82, 2.24) is 4.90 Å². The molecule has 0 N–H and O–H groups in total. The lowest BCUT2D eigenvalue weighted by Crippen LogP contribution is -2.43. The summed E-state index contributed by atoms with van der Waals surface area (Å²) in [5.41, 5.74) is -0.472. The van der Waals surface area contributed by atoms with Crippen LogP contribution >= 0.6 is 0 Å². The second-order valence-corrected chi connectivity index (χ2v) is 6.40. The summed E-state index contributed by atoms with van der Waals surface area (Å²) >= 11 is 0. The van der Waals surface area contributed by atoms with Crippen LogP contribution in [0.2, 0.25) is 0 Å². The second-order valence-electron chi connectivity index (χ2n) is 6.40. The van der Waals surface area contributed by atoms with Crippen LogP contribution in [0.15, 0.2) is 0 Å². The molecule has 1 saturated heterocycles. The van der Waals surface area contributed by atoms with Gasteiger partial charge in [0.1, 0.15) is 12.2 Å². The average molecular weight is 331 g/mol. The minimum atomic E-state index is -0.472. The molecule has 0 saturated carbocycles. The van der Waals surface area contributed by atoms with E-state index in [1.807, 2.05) is 20.8 Å². The van der Waals surface area contributed by atoms with Crippen molar-refractivity contribution >= 4 is 12.1 Å². The Bertz CT molecular complexity index is 371. The number of ether oxygens (including phenoxy) is 4. The lowest BCUT2D eigenvalue weighted by atomic mass is 10.1. The van der Waals surface area contributed by atoms with Gasteiger partial charge in [0.2, 0.25) is 0 Å². The van der Waals surface area contributed by atoms with Crippen molar-refractivity contribution in [2.45, 2.75) is 52.2 Å². The Morgan fingerprint density at radius 2 is 1.78 bits per heavy atom. The Kier molecular flexibility index (Phi) is 8.33. The zero-order valence-electron chi connectivity index (χ0n) is 14.6. The summed E-state index contributed by atoms with van der Waals surface area (Å²) in [7, 11) is 0. The standard InChI is InChI=1S/C16H29NO6/c1-5-21-14(18)12-20-10-11-22-13-6-8-17(9-7-13)15(19)23-16(2,3)4/h13H,5-12H2,1-4H3. The molecule has 1 aliphatic heterocycles. The van der Waals surface area contributed by atoms with Crippen LogP contribution in [0.4, 0.5) is 4.79 Å². The smallest absolute Gasteiger partial charge is 0.410 e. The summed E-state index contributed by atoms with van der Waals surface area (Å²) < 4.78 is 21.0. The Hall–Kier alpha value is -1.34. The molecular formula is C16H29NO6. The molecule has 0 spiro atoms. The summed E-state index contributed by atoms with van der Waals surface area (Å²) in [6.07, 6.45) is 1.39. The third-order valence-electron chi connectivity index (χ3n) is 3.20. The van der Waals surface area contributed by atoms with Crippen LogP contribution in [-0.4, -0.2) is 68.2 Å². The Labute approximate surface area is 138 Å². The molecule has 0 radical (unpaired) electrons. The van der Waals surface area contributed by atoms with Crippen molar-refractivity contribution in [3.8, 4) is 0 Å². The molecular weight excluding hydrogens is 302 g/mol. The van der Waals surface area contributed by atoms with Gasteiger partial charge < -0.3 is 23.8 Å². The van der Waals surface area contributed by atoms with E-state index < -0.39 is 5.60 Å². The van der Waals surface area contributed by atoms with E-state index in [1.54, 1.807) is 11.8 Å². The highest BCUT2D eigenvalue weighted by atomic mass is 16.6. The summed E-state index contributed by atoms with van der Waals surface area (Å²) in [5, 5.41) is 0. The minimum Gasteiger partial charge on any atom is -0.464 e. The highest BCUT2D eigenvalue weighted by molar-refractivity contribution is 5.70. The lowest BCUT2D eigenvalue weighted by molar-refractivity contribution is -0.149. The number of hydrogen-bond donors (Lipinski definition) is 0. The number of piperidine rings is 1. The van der Waals surface area contributed by atoms with E-state index in [0.717, 1.165) is 12.8 Å². The van der Waals surface area contributed by atoms with Gasteiger partial charge in [-0.25, -0.2) is 9.59 Å². The first-order valence-corrected chi connectivity index (χ1v) is 8.14. The van der Waals surface area contributed by atoms with E-state index in [0.29, 0.717) is 32.9 Å². The SMILES string of the molecule is CCOC(=O)COCCOC1CCN(C(=O)OC(C)(C)C)CC1. The number of amides is 1. The number of carbonyl (C=O) groups is 2. The van der Waals surface area contributed by atoms with E-state index in [-0.39, 0.29) is 24.8 Å². The molecule has 7 heteroatoms. The van der Waals surface area contributed by atoms with Crippen LogP contribution in [0.25, 0.3) is 0 Å². The zero-order chi connectivity index (χ0) is 17.3. The van der Waals surface area contributed by atoms with E-state index in [9.17, 15) is 9.59 Å². The molecule has 1 aliphatic rings. The van der Waals surface area contributed by atoms with Gasteiger partial charge in [-0.3, -0.25) is 0 Å². The average Bonchev–Trinajstić information content (AvgIpc) is 2.46. The first-order chi connectivity index (χ1) is 10.8. The number of nitrogens with zero attached hydrogens (tertiary/aromatic N) is 1. The summed E-state index contributed by atoms with van der Waals surface area (Å²) in [6, 6.07) is 0. The van der Waals surface area contributed by atoms with Crippen LogP contribution in [-0.2, 0) is 23.7 Å². The molecule has 0 aromatic carbocycles. The minimum absolute atomic E-state index is 0.0473. The van der Waals surface area contributed by atoms with Gasteiger partial charge in [0.15, 0.2) is 0 Å². The number of likely N-dealkylation sites (tertiary alicyclic amines) is 1. The molecule has 134 valence electrons. The van der Waals surface area contributed by atoms with Crippen LogP contribution in [0, 0.1) is 0 Å². The molecule has 0 bridgehead atoms. The quantitative estimate of drug-likeness (QED) is 0.524. The molecule has 1 amide bonds. The van der Waals surface area contributed by atoms with Gasteiger partial charge in [-0.15, -0.1) is 0 Å². The highest BCUT2D eigenvalue weighted by Crippen LogP contribution is 2.17. The van der Waals surface area contributed by atoms with Crippen molar-refractivity contribution in [2.24, 2.45) is 0 Å². The van der Waals surface area contributed by atoms with Crippen LogP contribution in [0.1, 0.15) is 40.5 Å². The molecule has 1 rings (SSSR count).